The molecule has 0 aliphatic carbocycles. The molecule has 0 spiro atoms. The zero-order valence-corrected chi connectivity index (χ0v) is 9.43. The van der Waals surface area contributed by atoms with E-state index in [1.54, 1.807) is 0 Å². The number of carbonyl (C=O) groups is 1. The first-order valence-corrected chi connectivity index (χ1v) is 4.97. The van der Waals surface area contributed by atoms with Crippen LogP contribution in [-0.4, -0.2) is 25.7 Å². The predicted molar refractivity (Wildman–Crippen MR) is 58.6 cm³/mol. The molecule has 0 saturated heterocycles. The highest BCUT2D eigenvalue weighted by molar-refractivity contribution is 5.87. The van der Waals surface area contributed by atoms with Gasteiger partial charge in [-0.1, -0.05) is 20.8 Å². The summed E-state index contributed by atoms with van der Waals surface area (Å²) in [5.41, 5.74) is 1.62. The van der Waals surface area contributed by atoms with E-state index in [-0.39, 0.29) is 11.0 Å². The average molecular weight is 219 g/mol. The van der Waals surface area contributed by atoms with Crippen LogP contribution < -0.4 is 0 Å². The second-order valence-electron chi connectivity index (χ2n) is 4.73. The van der Waals surface area contributed by atoms with E-state index in [0.29, 0.717) is 5.65 Å². The maximum Gasteiger partial charge on any atom is 0.338 e. The minimum absolute atomic E-state index is 0.0723. The largest absolute Gasteiger partial charge is 0.478 e. The highest BCUT2D eigenvalue weighted by atomic mass is 16.4. The Morgan fingerprint density at radius 1 is 1.44 bits per heavy atom. The molecule has 0 bridgehead atoms. The second-order valence-corrected chi connectivity index (χ2v) is 4.73. The first-order valence-electron chi connectivity index (χ1n) is 4.97. The van der Waals surface area contributed by atoms with E-state index < -0.39 is 5.97 Å². The van der Waals surface area contributed by atoms with Gasteiger partial charge in [0.05, 0.1) is 11.3 Å². The Bertz CT molecular complexity index is 552. The molecule has 1 N–H and O–H groups in total. The molecule has 0 fully saturated rings. The van der Waals surface area contributed by atoms with E-state index in [4.69, 9.17) is 5.11 Å². The van der Waals surface area contributed by atoms with Crippen LogP contribution in [-0.2, 0) is 5.41 Å². The van der Waals surface area contributed by atoms with Crippen molar-refractivity contribution in [2.75, 3.05) is 0 Å². The van der Waals surface area contributed by atoms with Gasteiger partial charge in [-0.05, 0) is 0 Å². The Morgan fingerprint density at radius 3 is 2.69 bits per heavy atom. The molecule has 2 aromatic rings. The summed E-state index contributed by atoms with van der Waals surface area (Å²) in [6.07, 6.45) is 2.81. The maximum atomic E-state index is 10.8. The fourth-order valence-corrected chi connectivity index (χ4v) is 1.35. The Morgan fingerprint density at radius 2 is 2.12 bits per heavy atom. The van der Waals surface area contributed by atoms with Crippen LogP contribution in [0.2, 0.25) is 0 Å². The quantitative estimate of drug-likeness (QED) is 0.793. The predicted octanol–water partition coefficient (Wildman–Crippen LogP) is 1.72. The smallest absolute Gasteiger partial charge is 0.338 e. The van der Waals surface area contributed by atoms with Crippen molar-refractivity contribution in [2.24, 2.45) is 0 Å². The van der Waals surface area contributed by atoms with Crippen LogP contribution in [0.5, 0.6) is 0 Å². The summed E-state index contributed by atoms with van der Waals surface area (Å²) in [6.45, 7) is 6.15. The lowest BCUT2D eigenvalue weighted by molar-refractivity contribution is 0.0695. The molecular weight excluding hydrogens is 206 g/mol. The number of hydrogen-bond acceptors (Lipinski definition) is 3. The lowest BCUT2D eigenvalue weighted by Gasteiger charge is -2.13. The normalized spacial score (nSPS) is 11.9. The van der Waals surface area contributed by atoms with Crippen molar-refractivity contribution in [1.82, 2.24) is 14.6 Å². The molecule has 0 saturated carbocycles. The van der Waals surface area contributed by atoms with Crippen molar-refractivity contribution in [3.05, 3.63) is 29.7 Å². The molecule has 2 heterocycles. The van der Waals surface area contributed by atoms with Gasteiger partial charge in [0.25, 0.3) is 0 Å². The highest BCUT2D eigenvalue weighted by Gasteiger charge is 2.18. The van der Waals surface area contributed by atoms with E-state index in [2.05, 4.69) is 10.1 Å². The van der Waals surface area contributed by atoms with Gasteiger partial charge in [-0.25, -0.2) is 14.3 Å². The molecule has 0 unspecified atom stereocenters. The molecule has 0 aliphatic heterocycles. The number of hydrogen-bond donors (Lipinski definition) is 1. The first-order chi connectivity index (χ1) is 7.38. The van der Waals surface area contributed by atoms with Crippen molar-refractivity contribution in [2.45, 2.75) is 26.2 Å². The number of aromatic nitrogens is 3. The topological polar surface area (TPSA) is 67.5 Å². The van der Waals surface area contributed by atoms with Crippen molar-refractivity contribution >= 4 is 11.6 Å². The maximum absolute atomic E-state index is 10.8. The number of carboxylic acids is 1. The Balaban J connectivity index is 2.59. The Kier molecular flexibility index (Phi) is 2.18. The van der Waals surface area contributed by atoms with E-state index >= 15 is 0 Å². The molecule has 5 nitrogen and oxygen atoms in total. The van der Waals surface area contributed by atoms with Gasteiger partial charge < -0.3 is 5.11 Å². The van der Waals surface area contributed by atoms with Gasteiger partial charge in [-0.15, -0.1) is 0 Å². The zero-order chi connectivity index (χ0) is 11.9. The van der Waals surface area contributed by atoms with Crippen LogP contribution in [0.25, 0.3) is 5.65 Å². The van der Waals surface area contributed by atoms with E-state index in [0.717, 1.165) is 5.69 Å². The summed E-state index contributed by atoms with van der Waals surface area (Å²) < 4.78 is 1.50. The Labute approximate surface area is 92.7 Å². The van der Waals surface area contributed by atoms with Gasteiger partial charge in [-0.3, -0.25) is 0 Å². The van der Waals surface area contributed by atoms with Gasteiger partial charge in [-0.2, -0.15) is 5.10 Å². The van der Waals surface area contributed by atoms with Gasteiger partial charge >= 0.3 is 5.97 Å². The third-order valence-electron chi connectivity index (χ3n) is 2.33. The van der Waals surface area contributed by atoms with E-state index in [1.807, 2.05) is 26.8 Å². The van der Waals surface area contributed by atoms with Crippen LogP contribution >= 0.6 is 0 Å². The van der Waals surface area contributed by atoms with Gasteiger partial charge in [0.1, 0.15) is 0 Å². The van der Waals surface area contributed by atoms with E-state index in [1.165, 1.54) is 16.9 Å². The Hall–Kier alpha value is -1.91. The number of carboxylic acid groups (broad SMARTS) is 1. The summed E-state index contributed by atoms with van der Waals surface area (Å²) in [5, 5.41) is 13.1. The summed E-state index contributed by atoms with van der Waals surface area (Å²) in [5.74, 6) is -0.998. The average Bonchev–Trinajstić information content (AvgIpc) is 2.58. The standard InChI is InChI=1S/C11H13N3O2/c1-11(2,3)8-4-9-12-5-7(10(15)16)6-14(9)13-8/h4-6H,1-3H3,(H,15,16). The van der Waals surface area contributed by atoms with Crippen molar-refractivity contribution in [3.63, 3.8) is 0 Å². The van der Waals surface area contributed by atoms with Gasteiger partial charge in [0, 0.05) is 23.9 Å². The molecule has 0 aromatic carbocycles. The minimum atomic E-state index is -0.998. The molecule has 16 heavy (non-hydrogen) atoms. The molecule has 0 aliphatic rings. The second kappa shape index (κ2) is 3.30. The summed E-state index contributed by atoms with van der Waals surface area (Å²) in [4.78, 5) is 14.8. The van der Waals surface area contributed by atoms with Crippen LogP contribution in [0, 0.1) is 0 Å². The van der Waals surface area contributed by atoms with Crippen molar-refractivity contribution in [3.8, 4) is 0 Å². The van der Waals surface area contributed by atoms with Crippen molar-refractivity contribution < 1.29 is 9.90 Å². The molecular formula is C11H13N3O2. The number of fused-ring (bicyclic) bond motifs is 1. The van der Waals surface area contributed by atoms with Crippen LogP contribution in [0.4, 0.5) is 0 Å². The molecule has 84 valence electrons. The third-order valence-corrected chi connectivity index (χ3v) is 2.33. The number of aromatic carboxylic acids is 1. The van der Waals surface area contributed by atoms with Crippen LogP contribution in [0.3, 0.4) is 0 Å². The molecule has 0 atom stereocenters. The summed E-state index contributed by atoms with van der Waals surface area (Å²) in [7, 11) is 0. The van der Waals surface area contributed by atoms with Crippen molar-refractivity contribution in [1.29, 1.82) is 0 Å². The van der Waals surface area contributed by atoms with Crippen LogP contribution in [0.1, 0.15) is 36.8 Å². The molecule has 2 rings (SSSR count). The SMILES string of the molecule is CC(C)(C)c1cc2ncc(C(=O)O)cn2n1. The first kappa shape index (κ1) is 10.6. The van der Waals surface area contributed by atoms with Gasteiger partial charge in [0.2, 0.25) is 0 Å². The lowest BCUT2D eigenvalue weighted by atomic mass is 9.93. The molecule has 0 amide bonds. The molecule has 0 radical (unpaired) electrons. The minimum Gasteiger partial charge on any atom is -0.478 e. The summed E-state index contributed by atoms with van der Waals surface area (Å²) >= 11 is 0. The zero-order valence-electron chi connectivity index (χ0n) is 9.43. The molecule has 2 aromatic heterocycles. The summed E-state index contributed by atoms with van der Waals surface area (Å²) in [6, 6.07) is 1.87. The van der Waals surface area contributed by atoms with Crippen LogP contribution in [0.15, 0.2) is 18.5 Å². The lowest BCUT2D eigenvalue weighted by Crippen LogP contribution is -2.11. The van der Waals surface area contributed by atoms with E-state index in [9.17, 15) is 4.79 Å². The molecule has 5 heteroatoms. The fourth-order valence-electron chi connectivity index (χ4n) is 1.35. The monoisotopic (exact) mass is 219 g/mol. The van der Waals surface area contributed by atoms with Gasteiger partial charge in [0.15, 0.2) is 5.65 Å². The highest BCUT2D eigenvalue weighted by Crippen LogP contribution is 2.21. The number of rotatable bonds is 1. The fraction of sp³-hybridized carbons (Fsp3) is 0.364. The number of nitrogens with zero attached hydrogens (tertiary/aromatic N) is 3. The third kappa shape index (κ3) is 1.76.